The summed E-state index contributed by atoms with van der Waals surface area (Å²) in [7, 11) is -4.94. The van der Waals surface area contributed by atoms with Gasteiger partial charge in [-0.25, -0.2) is 4.79 Å². The van der Waals surface area contributed by atoms with Gasteiger partial charge in [0, 0.05) is 5.56 Å². The second kappa shape index (κ2) is 8.24. The molecule has 0 fully saturated rings. The van der Waals surface area contributed by atoms with Crippen LogP contribution in [0.25, 0.3) is 0 Å². The molecule has 27 heavy (non-hydrogen) atoms. The number of aryl methyl sites for hydroxylation is 1. The van der Waals surface area contributed by atoms with Gasteiger partial charge in [0.15, 0.2) is 14.4 Å². The van der Waals surface area contributed by atoms with Crippen molar-refractivity contribution in [1.29, 1.82) is 0 Å². The van der Waals surface area contributed by atoms with Gasteiger partial charge in [-0.15, -0.1) is 0 Å². The van der Waals surface area contributed by atoms with E-state index in [1.165, 1.54) is 25.3 Å². The molecule has 2 rings (SSSR count). The topological polar surface area (TPSA) is 78.9 Å². The van der Waals surface area contributed by atoms with Gasteiger partial charge < -0.3 is 13.3 Å². The number of carbonyl (C=O) groups excluding carboxylic acids is 1. The Bertz CT molecular complexity index is 901. The molecule has 0 saturated carbocycles. The Labute approximate surface area is 161 Å². The van der Waals surface area contributed by atoms with E-state index in [4.69, 9.17) is 13.3 Å². The largest absolute Gasteiger partial charge is 0.467 e. The second-order valence-electron chi connectivity index (χ2n) is 7.02. The van der Waals surface area contributed by atoms with E-state index in [9.17, 15) is 13.2 Å². The van der Waals surface area contributed by atoms with Gasteiger partial charge in [-0.2, -0.15) is 8.42 Å². The van der Waals surface area contributed by atoms with E-state index in [0.717, 1.165) is 5.56 Å². The van der Waals surface area contributed by atoms with Gasteiger partial charge in [0.2, 0.25) is 0 Å². The van der Waals surface area contributed by atoms with Crippen molar-refractivity contribution in [3.8, 4) is 5.75 Å². The monoisotopic (exact) mass is 408 g/mol. The molecule has 0 bridgehead atoms. The second-order valence-corrected chi connectivity index (χ2v) is 13.0. The highest BCUT2D eigenvalue weighted by Gasteiger charge is 2.32. The highest BCUT2D eigenvalue weighted by Crippen LogP contribution is 2.32. The fourth-order valence-electron chi connectivity index (χ4n) is 2.34. The lowest BCUT2D eigenvalue weighted by atomic mass is 10.1. The highest BCUT2D eigenvalue weighted by molar-refractivity contribution is 7.87. The molecule has 146 valence electrons. The number of carbonyl (C=O) groups is 1. The number of para-hydroxylation sites is 1. The predicted octanol–water partition coefficient (Wildman–Crippen LogP) is 3.83. The van der Waals surface area contributed by atoms with Crippen molar-refractivity contribution < 1.29 is 26.6 Å². The number of benzene rings is 2. The molecule has 1 unspecified atom stereocenters. The van der Waals surface area contributed by atoms with Crippen LogP contribution in [0.5, 0.6) is 5.75 Å². The van der Waals surface area contributed by atoms with Gasteiger partial charge in [0.25, 0.3) is 0 Å². The molecule has 1 atom stereocenters. The van der Waals surface area contributed by atoms with E-state index in [1.54, 1.807) is 30.3 Å². The molecule has 6 nitrogen and oxygen atoms in total. The summed E-state index contributed by atoms with van der Waals surface area (Å²) in [6.45, 7) is 7.64. The molecule has 8 heteroatoms. The Balaban J connectivity index is 2.44. The Kier molecular flexibility index (Phi) is 6.45. The zero-order valence-electron chi connectivity index (χ0n) is 16.1. The first-order valence-electron chi connectivity index (χ1n) is 8.39. The zero-order valence-corrected chi connectivity index (χ0v) is 17.9. The fourth-order valence-corrected chi connectivity index (χ4v) is 4.23. The third-order valence-corrected chi connectivity index (χ3v) is 5.79. The van der Waals surface area contributed by atoms with Gasteiger partial charge in [-0.1, -0.05) is 35.9 Å². The minimum atomic E-state index is -4.06. The summed E-state index contributed by atoms with van der Waals surface area (Å²) in [6.07, 6.45) is -1.06. The van der Waals surface area contributed by atoms with Crippen LogP contribution in [0.2, 0.25) is 19.6 Å². The number of esters is 1. The van der Waals surface area contributed by atoms with Crippen molar-refractivity contribution in [3.05, 3.63) is 59.7 Å². The van der Waals surface area contributed by atoms with Crippen LogP contribution in [0, 0.1) is 6.92 Å². The molecular weight excluding hydrogens is 384 g/mol. The normalized spacial score (nSPS) is 13.1. The molecule has 0 radical (unpaired) electrons. The molecule has 2 aromatic rings. The van der Waals surface area contributed by atoms with Crippen LogP contribution in [-0.2, 0) is 24.1 Å². The third kappa shape index (κ3) is 5.65. The minimum absolute atomic E-state index is 0.0311. The highest BCUT2D eigenvalue weighted by atomic mass is 32.2. The molecular formula is C19H24O6SSi. The molecule has 0 aromatic heterocycles. The number of hydrogen-bond donors (Lipinski definition) is 0. The van der Waals surface area contributed by atoms with Gasteiger partial charge in [-0.05, 0) is 44.8 Å². The first-order valence-corrected chi connectivity index (χ1v) is 13.2. The molecule has 0 heterocycles. The third-order valence-electron chi connectivity index (χ3n) is 3.60. The van der Waals surface area contributed by atoms with Crippen molar-refractivity contribution >= 4 is 24.4 Å². The maximum Gasteiger partial charge on any atom is 0.339 e. The molecule has 0 aliphatic heterocycles. The maximum absolute atomic E-state index is 12.6. The van der Waals surface area contributed by atoms with Crippen LogP contribution in [0.4, 0.5) is 0 Å². The number of rotatable bonds is 7. The van der Waals surface area contributed by atoms with Crippen LogP contribution >= 0.6 is 0 Å². The summed E-state index contributed by atoms with van der Waals surface area (Å²) in [5.74, 6) is -0.576. The van der Waals surface area contributed by atoms with Crippen LogP contribution in [-0.4, -0.2) is 29.8 Å². The van der Waals surface area contributed by atoms with Crippen molar-refractivity contribution in [2.75, 3.05) is 7.11 Å². The SMILES string of the molecule is COC(=O)C(O[Si](C)(C)C)c1ccccc1OS(=O)(=O)c1ccc(C)cc1. The molecule has 0 aliphatic carbocycles. The van der Waals surface area contributed by atoms with Crippen molar-refractivity contribution in [2.24, 2.45) is 0 Å². The fraction of sp³-hybridized carbons (Fsp3) is 0.316. The number of methoxy groups -OCH3 is 1. The maximum atomic E-state index is 12.6. The Morgan fingerprint density at radius 2 is 1.59 bits per heavy atom. The average Bonchev–Trinajstić information content (AvgIpc) is 2.59. The molecule has 0 saturated heterocycles. The Morgan fingerprint density at radius 1 is 1.00 bits per heavy atom. The molecule has 2 aromatic carbocycles. The van der Waals surface area contributed by atoms with Gasteiger partial charge in [0.05, 0.1) is 7.11 Å². The summed E-state index contributed by atoms with van der Waals surface area (Å²) in [4.78, 5) is 12.3. The summed E-state index contributed by atoms with van der Waals surface area (Å²) >= 11 is 0. The molecule has 0 amide bonds. The Morgan fingerprint density at radius 3 is 2.15 bits per heavy atom. The predicted molar refractivity (Wildman–Crippen MR) is 105 cm³/mol. The van der Waals surface area contributed by atoms with Crippen LogP contribution in [0.15, 0.2) is 53.4 Å². The van der Waals surface area contributed by atoms with Crippen molar-refractivity contribution in [1.82, 2.24) is 0 Å². The first kappa shape index (κ1) is 21.1. The van der Waals surface area contributed by atoms with E-state index in [0.29, 0.717) is 5.56 Å². The van der Waals surface area contributed by atoms with Crippen LogP contribution in [0.1, 0.15) is 17.2 Å². The minimum Gasteiger partial charge on any atom is -0.467 e. The summed E-state index contributed by atoms with van der Waals surface area (Å²) < 4.78 is 41.4. The van der Waals surface area contributed by atoms with Gasteiger partial charge in [-0.3, -0.25) is 0 Å². The van der Waals surface area contributed by atoms with E-state index in [-0.39, 0.29) is 10.6 Å². The van der Waals surface area contributed by atoms with Crippen LogP contribution in [0.3, 0.4) is 0 Å². The van der Waals surface area contributed by atoms with Gasteiger partial charge in [0.1, 0.15) is 10.6 Å². The standard InChI is InChI=1S/C19H24O6SSi/c1-14-10-12-15(13-11-14)26(21,22)24-17-9-7-6-8-16(17)18(19(20)23-2)25-27(3,4)5/h6-13,18H,1-5H3. The molecule has 0 N–H and O–H groups in total. The van der Waals surface area contributed by atoms with Crippen LogP contribution < -0.4 is 4.18 Å². The number of hydrogen-bond acceptors (Lipinski definition) is 6. The molecule has 0 aliphatic rings. The zero-order chi connectivity index (χ0) is 20.2. The lowest BCUT2D eigenvalue weighted by Gasteiger charge is -2.26. The lowest BCUT2D eigenvalue weighted by molar-refractivity contribution is -0.149. The van der Waals surface area contributed by atoms with Gasteiger partial charge >= 0.3 is 16.1 Å². The molecule has 0 spiro atoms. The summed E-state index contributed by atoms with van der Waals surface area (Å²) in [5.41, 5.74) is 1.24. The van der Waals surface area contributed by atoms with E-state index >= 15 is 0 Å². The summed E-state index contributed by atoms with van der Waals surface area (Å²) in [6, 6.07) is 12.7. The van der Waals surface area contributed by atoms with E-state index in [2.05, 4.69) is 0 Å². The first-order chi connectivity index (χ1) is 12.5. The smallest absolute Gasteiger partial charge is 0.339 e. The Hall–Kier alpha value is -2.16. The number of ether oxygens (including phenoxy) is 1. The lowest BCUT2D eigenvalue weighted by Crippen LogP contribution is -2.32. The summed E-state index contributed by atoms with van der Waals surface area (Å²) in [5, 5.41) is 0. The average molecular weight is 409 g/mol. The van der Waals surface area contributed by atoms with Crippen molar-refractivity contribution in [2.45, 2.75) is 37.6 Å². The van der Waals surface area contributed by atoms with Crippen molar-refractivity contribution in [3.63, 3.8) is 0 Å². The quantitative estimate of drug-likeness (QED) is 0.394. The van der Waals surface area contributed by atoms with E-state index < -0.39 is 30.5 Å². The van der Waals surface area contributed by atoms with E-state index in [1.807, 2.05) is 26.6 Å².